The molecule has 1 aliphatic carbocycles. The quantitative estimate of drug-likeness (QED) is 0.589. The Hall–Kier alpha value is -2.11. The standard InChI is InChI=1S/C27H37NO4/c1-19(2)31-18-20-6-8-24(9-7-20)32-25-10-11-26-22(16-25)4-3-5-23(26)17-28-14-12-21(13-15-28)27(29)30/h3-5,10-11,16,19-21,24H,6-9,12-15,17-18H2,1-2H3,(H,29,30)/t20-,24-. The van der Waals surface area contributed by atoms with Crippen molar-refractivity contribution < 1.29 is 19.4 Å². The number of hydrogen-bond acceptors (Lipinski definition) is 4. The minimum Gasteiger partial charge on any atom is -0.490 e. The number of piperidine rings is 1. The van der Waals surface area contributed by atoms with E-state index in [9.17, 15) is 9.90 Å². The fourth-order valence-electron chi connectivity index (χ4n) is 5.06. The molecule has 5 heteroatoms. The molecule has 174 valence electrons. The lowest BCUT2D eigenvalue weighted by Gasteiger charge is -2.30. The zero-order valence-electron chi connectivity index (χ0n) is 19.5. The van der Waals surface area contributed by atoms with Gasteiger partial charge in [0, 0.05) is 13.2 Å². The topological polar surface area (TPSA) is 59.0 Å². The number of rotatable bonds is 8. The Balaban J connectivity index is 1.34. The first-order valence-electron chi connectivity index (χ1n) is 12.2. The molecule has 0 bridgehead atoms. The molecule has 0 amide bonds. The highest BCUT2D eigenvalue weighted by molar-refractivity contribution is 5.87. The largest absolute Gasteiger partial charge is 0.490 e. The number of fused-ring (bicyclic) bond motifs is 1. The average molecular weight is 440 g/mol. The lowest BCUT2D eigenvalue weighted by atomic mass is 9.88. The van der Waals surface area contributed by atoms with Crippen LogP contribution in [0.15, 0.2) is 36.4 Å². The van der Waals surface area contributed by atoms with E-state index < -0.39 is 5.97 Å². The third-order valence-corrected chi connectivity index (χ3v) is 7.03. The van der Waals surface area contributed by atoms with Crippen molar-refractivity contribution in [2.45, 2.75) is 71.1 Å². The van der Waals surface area contributed by atoms with Crippen molar-refractivity contribution in [2.24, 2.45) is 11.8 Å². The van der Waals surface area contributed by atoms with E-state index in [1.807, 2.05) is 0 Å². The molecule has 4 rings (SSSR count). The van der Waals surface area contributed by atoms with Gasteiger partial charge in [-0.2, -0.15) is 0 Å². The molecule has 0 aromatic heterocycles. The number of hydrogen-bond donors (Lipinski definition) is 1. The van der Waals surface area contributed by atoms with Gasteiger partial charge >= 0.3 is 5.97 Å². The zero-order chi connectivity index (χ0) is 22.5. The van der Waals surface area contributed by atoms with Crippen molar-refractivity contribution in [3.05, 3.63) is 42.0 Å². The molecule has 2 aromatic carbocycles. The molecule has 32 heavy (non-hydrogen) atoms. The third kappa shape index (κ3) is 6.02. The Morgan fingerprint density at radius 2 is 1.81 bits per heavy atom. The van der Waals surface area contributed by atoms with Crippen molar-refractivity contribution in [1.29, 1.82) is 0 Å². The SMILES string of the molecule is CC(C)OC[C@H]1CC[C@H](Oc2ccc3c(CN4CCC(C(=O)O)CC4)cccc3c2)CC1. The average Bonchev–Trinajstić information content (AvgIpc) is 2.79. The number of nitrogens with zero attached hydrogens (tertiary/aromatic N) is 1. The van der Waals surface area contributed by atoms with Gasteiger partial charge in [-0.3, -0.25) is 9.69 Å². The van der Waals surface area contributed by atoms with Crippen LogP contribution in [0.1, 0.15) is 57.9 Å². The lowest BCUT2D eigenvalue weighted by molar-refractivity contribution is -0.143. The number of likely N-dealkylation sites (tertiary alicyclic amines) is 1. The van der Waals surface area contributed by atoms with E-state index in [-0.39, 0.29) is 5.92 Å². The first-order chi connectivity index (χ1) is 15.5. The van der Waals surface area contributed by atoms with Gasteiger partial charge in [0.25, 0.3) is 0 Å². The second-order valence-electron chi connectivity index (χ2n) is 9.83. The summed E-state index contributed by atoms with van der Waals surface area (Å²) < 4.78 is 12.1. The van der Waals surface area contributed by atoms with Gasteiger partial charge in [0.05, 0.1) is 18.1 Å². The molecular formula is C27H37NO4. The Morgan fingerprint density at radius 1 is 1.06 bits per heavy atom. The van der Waals surface area contributed by atoms with Crippen LogP contribution in [-0.4, -0.2) is 47.9 Å². The molecule has 1 N–H and O–H groups in total. The van der Waals surface area contributed by atoms with Crippen molar-refractivity contribution in [3.63, 3.8) is 0 Å². The van der Waals surface area contributed by atoms with Gasteiger partial charge in [0.1, 0.15) is 5.75 Å². The predicted molar refractivity (Wildman–Crippen MR) is 127 cm³/mol. The summed E-state index contributed by atoms with van der Waals surface area (Å²) in [7, 11) is 0. The molecule has 1 saturated carbocycles. The van der Waals surface area contributed by atoms with E-state index in [1.54, 1.807) is 0 Å². The van der Waals surface area contributed by atoms with Crippen LogP contribution in [-0.2, 0) is 16.1 Å². The van der Waals surface area contributed by atoms with Gasteiger partial charge in [-0.15, -0.1) is 0 Å². The molecule has 5 nitrogen and oxygen atoms in total. The summed E-state index contributed by atoms with van der Waals surface area (Å²) in [6.45, 7) is 7.63. The second-order valence-corrected chi connectivity index (χ2v) is 9.83. The van der Waals surface area contributed by atoms with Crippen LogP contribution >= 0.6 is 0 Å². The van der Waals surface area contributed by atoms with Gasteiger partial charge < -0.3 is 14.6 Å². The Bertz CT molecular complexity index is 896. The van der Waals surface area contributed by atoms with Gasteiger partial charge in [0.15, 0.2) is 0 Å². The van der Waals surface area contributed by atoms with Crippen molar-refractivity contribution in [2.75, 3.05) is 19.7 Å². The monoisotopic (exact) mass is 439 g/mol. The second kappa shape index (κ2) is 10.7. The van der Waals surface area contributed by atoms with E-state index in [4.69, 9.17) is 9.47 Å². The molecule has 1 aliphatic heterocycles. The van der Waals surface area contributed by atoms with E-state index in [1.165, 1.54) is 29.2 Å². The molecule has 1 saturated heterocycles. The van der Waals surface area contributed by atoms with Crippen LogP contribution in [0.4, 0.5) is 0 Å². The minimum atomic E-state index is -0.653. The molecule has 2 aliphatic rings. The summed E-state index contributed by atoms with van der Waals surface area (Å²) in [5, 5.41) is 11.7. The summed E-state index contributed by atoms with van der Waals surface area (Å²) in [4.78, 5) is 13.6. The number of carboxylic acids is 1. The van der Waals surface area contributed by atoms with E-state index >= 15 is 0 Å². The van der Waals surface area contributed by atoms with Crippen LogP contribution in [0.25, 0.3) is 10.8 Å². The first-order valence-corrected chi connectivity index (χ1v) is 12.2. The molecule has 0 radical (unpaired) electrons. The number of carboxylic acid groups (broad SMARTS) is 1. The predicted octanol–water partition coefficient (Wildman–Crippen LogP) is 5.50. The van der Waals surface area contributed by atoms with Gasteiger partial charge in [-0.1, -0.05) is 24.3 Å². The van der Waals surface area contributed by atoms with Crippen LogP contribution in [0.2, 0.25) is 0 Å². The highest BCUT2D eigenvalue weighted by Gasteiger charge is 2.25. The van der Waals surface area contributed by atoms with E-state index in [0.29, 0.717) is 18.1 Å². The van der Waals surface area contributed by atoms with Crippen LogP contribution < -0.4 is 4.74 Å². The fraction of sp³-hybridized carbons (Fsp3) is 0.593. The summed E-state index contributed by atoms with van der Waals surface area (Å²) in [6, 6.07) is 12.9. The summed E-state index contributed by atoms with van der Waals surface area (Å²) in [5.74, 6) is 0.784. The summed E-state index contributed by atoms with van der Waals surface area (Å²) in [6.07, 6.45) is 6.62. The number of carbonyl (C=O) groups is 1. The lowest BCUT2D eigenvalue weighted by Crippen LogP contribution is -2.35. The highest BCUT2D eigenvalue weighted by atomic mass is 16.5. The Labute approximate surface area is 191 Å². The Kier molecular flexibility index (Phi) is 7.69. The number of aliphatic carboxylic acids is 1. The molecule has 2 aromatic rings. The zero-order valence-corrected chi connectivity index (χ0v) is 19.5. The maximum absolute atomic E-state index is 11.2. The van der Waals surface area contributed by atoms with Crippen molar-refractivity contribution >= 4 is 16.7 Å². The first kappa shape index (κ1) is 23.1. The van der Waals surface area contributed by atoms with Crippen LogP contribution in [0, 0.1) is 11.8 Å². The molecule has 0 unspecified atom stereocenters. The molecule has 1 heterocycles. The minimum absolute atomic E-state index is 0.184. The summed E-state index contributed by atoms with van der Waals surface area (Å²) in [5.41, 5.74) is 1.30. The van der Waals surface area contributed by atoms with Crippen LogP contribution in [0.3, 0.4) is 0 Å². The maximum Gasteiger partial charge on any atom is 0.306 e. The molecule has 0 spiro atoms. The molecular weight excluding hydrogens is 402 g/mol. The van der Waals surface area contributed by atoms with Crippen LogP contribution in [0.5, 0.6) is 5.75 Å². The third-order valence-electron chi connectivity index (χ3n) is 7.03. The van der Waals surface area contributed by atoms with E-state index in [2.05, 4.69) is 55.1 Å². The van der Waals surface area contributed by atoms with Crippen molar-refractivity contribution in [3.8, 4) is 5.75 Å². The van der Waals surface area contributed by atoms with E-state index in [0.717, 1.165) is 57.7 Å². The smallest absolute Gasteiger partial charge is 0.306 e. The van der Waals surface area contributed by atoms with Gasteiger partial charge in [-0.25, -0.2) is 0 Å². The normalized spacial score (nSPS) is 23.0. The number of benzene rings is 2. The van der Waals surface area contributed by atoms with Gasteiger partial charge in [-0.05, 0) is 99.8 Å². The number of ether oxygens (including phenoxy) is 2. The molecule has 2 fully saturated rings. The van der Waals surface area contributed by atoms with Crippen molar-refractivity contribution in [1.82, 2.24) is 4.90 Å². The molecule has 0 atom stereocenters. The maximum atomic E-state index is 11.2. The summed E-state index contributed by atoms with van der Waals surface area (Å²) >= 11 is 0. The fourth-order valence-corrected chi connectivity index (χ4v) is 5.06. The van der Waals surface area contributed by atoms with Gasteiger partial charge in [0.2, 0.25) is 0 Å². The Morgan fingerprint density at radius 3 is 2.50 bits per heavy atom. The highest BCUT2D eigenvalue weighted by Crippen LogP contribution is 2.31.